The Hall–Kier alpha value is -7.24. The minimum Gasteiger partial charge on any atom is -0.456 e. The second-order valence-corrected chi connectivity index (χ2v) is 14.1. The summed E-state index contributed by atoms with van der Waals surface area (Å²) in [5.74, 6) is 0. The van der Waals surface area contributed by atoms with Gasteiger partial charge in [-0.25, -0.2) is 0 Å². The Bertz CT molecular complexity index is 3650. The van der Waals surface area contributed by atoms with E-state index in [1.165, 1.54) is 43.6 Å². The fourth-order valence-electron chi connectivity index (χ4n) is 9.24. The Morgan fingerprint density at radius 3 is 1.64 bits per heavy atom. The molecular formula is C48H27N3O2. The highest BCUT2D eigenvalue weighted by molar-refractivity contribution is 6.25. The molecule has 0 aliphatic heterocycles. The lowest BCUT2D eigenvalue weighted by molar-refractivity contribution is 0.668. The van der Waals surface area contributed by atoms with E-state index in [0.717, 1.165) is 72.0 Å². The van der Waals surface area contributed by atoms with Gasteiger partial charge in [-0.15, -0.1) is 0 Å². The first-order chi connectivity index (χ1) is 26.3. The number of benzene rings is 8. The van der Waals surface area contributed by atoms with Crippen LogP contribution in [0.3, 0.4) is 0 Å². The molecule has 5 heterocycles. The van der Waals surface area contributed by atoms with Gasteiger partial charge in [-0.3, -0.25) is 0 Å². The van der Waals surface area contributed by atoms with Gasteiger partial charge in [0.1, 0.15) is 22.3 Å². The van der Waals surface area contributed by atoms with Gasteiger partial charge in [0.05, 0.1) is 44.2 Å². The molecule has 0 aliphatic rings. The average Bonchev–Trinajstić information content (AvgIpc) is 3.96. The van der Waals surface area contributed by atoms with E-state index in [1.54, 1.807) is 0 Å². The van der Waals surface area contributed by atoms with E-state index in [2.05, 4.69) is 153 Å². The normalized spacial score (nSPS) is 12.5. The molecule has 0 amide bonds. The lowest BCUT2D eigenvalue weighted by Crippen LogP contribution is -2.11. The Morgan fingerprint density at radius 2 is 0.887 bits per heavy atom. The van der Waals surface area contributed by atoms with Crippen LogP contribution < -0.4 is 4.90 Å². The van der Waals surface area contributed by atoms with E-state index < -0.39 is 0 Å². The molecule has 0 atom stereocenters. The van der Waals surface area contributed by atoms with Crippen molar-refractivity contribution >= 4 is 116 Å². The van der Waals surface area contributed by atoms with Crippen LogP contribution in [0.2, 0.25) is 0 Å². The zero-order chi connectivity index (χ0) is 34.4. The lowest BCUT2D eigenvalue weighted by atomic mass is 10.1. The number of anilines is 3. The molecular weight excluding hydrogens is 651 g/mol. The third-order valence-corrected chi connectivity index (χ3v) is 11.4. The van der Waals surface area contributed by atoms with Crippen molar-refractivity contribution in [1.82, 2.24) is 8.80 Å². The average molecular weight is 678 g/mol. The topological polar surface area (TPSA) is 38.3 Å². The Balaban J connectivity index is 1.19. The molecule has 0 unspecified atom stereocenters. The fraction of sp³-hybridized carbons (Fsp3) is 0. The minimum absolute atomic E-state index is 0.856. The molecule has 8 aromatic carbocycles. The summed E-state index contributed by atoms with van der Waals surface area (Å²) in [5, 5.41) is 9.40. The second kappa shape index (κ2) is 9.75. The van der Waals surface area contributed by atoms with Crippen LogP contribution in [0.15, 0.2) is 173 Å². The standard InChI is InChI=1S/C48H27N3O2/c1-5-14-37-30(10-1)33-22-23-34-31-11-2-6-15-38(31)51-41-27-29(20-24-39(41)50(37)47(33)48(34)51)49(28-21-25-44-36(26-28)32-12-3-7-17-42(32)52-44)40-16-9-19-45-46(40)35-13-4-8-18-43(35)53-45/h1-27H. The monoisotopic (exact) mass is 677 g/mol. The highest BCUT2D eigenvalue weighted by atomic mass is 16.3. The molecule has 0 aliphatic carbocycles. The first-order valence-electron chi connectivity index (χ1n) is 18.0. The number of hydrogen-bond donors (Lipinski definition) is 0. The molecule has 0 N–H and O–H groups in total. The maximum Gasteiger partial charge on any atom is 0.137 e. The van der Waals surface area contributed by atoms with Crippen LogP contribution in [0.5, 0.6) is 0 Å². The van der Waals surface area contributed by atoms with E-state index in [9.17, 15) is 0 Å². The van der Waals surface area contributed by atoms with Crippen molar-refractivity contribution in [3.8, 4) is 0 Å². The first-order valence-corrected chi connectivity index (χ1v) is 18.0. The maximum absolute atomic E-state index is 6.45. The van der Waals surface area contributed by atoms with E-state index in [0.29, 0.717) is 0 Å². The molecule has 0 spiro atoms. The number of nitrogens with zero attached hydrogens (tertiary/aromatic N) is 3. The molecule has 13 aromatic rings. The van der Waals surface area contributed by atoms with Gasteiger partial charge in [0.2, 0.25) is 0 Å². The Kier molecular flexibility index (Phi) is 5.06. The summed E-state index contributed by atoms with van der Waals surface area (Å²) < 4.78 is 17.7. The molecule has 5 aromatic heterocycles. The Morgan fingerprint density at radius 1 is 0.340 bits per heavy atom. The largest absolute Gasteiger partial charge is 0.456 e. The van der Waals surface area contributed by atoms with Crippen molar-refractivity contribution in [3.63, 3.8) is 0 Å². The molecule has 0 fully saturated rings. The molecule has 0 saturated carbocycles. The van der Waals surface area contributed by atoms with Crippen LogP contribution in [-0.2, 0) is 0 Å². The maximum atomic E-state index is 6.45. The highest BCUT2D eigenvalue weighted by Crippen LogP contribution is 2.47. The molecule has 13 rings (SSSR count). The van der Waals surface area contributed by atoms with Gasteiger partial charge in [0.25, 0.3) is 0 Å². The first kappa shape index (κ1) is 27.5. The van der Waals surface area contributed by atoms with E-state index in [-0.39, 0.29) is 0 Å². The molecule has 246 valence electrons. The van der Waals surface area contributed by atoms with Crippen LogP contribution in [-0.4, -0.2) is 8.80 Å². The van der Waals surface area contributed by atoms with Gasteiger partial charge < -0.3 is 22.5 Å². The van der Waals surface area contributed by atoms with Crippen molar-refractivity contribution in [3.05, 3.63) is 164 Å². The van der Waals surface area contributed by atoms with Gasteiger partial charge in [0.15, 0.2) is 0 Å². The van der Waals surface area contributed by atoms with Gasteiger partial charge in [0, 0.05) is 49.1 Å². The molecule has 5 nitrogen and oxygen atoms in total. The number of furan rings is 2. The van der Waals surface area contributed by atoms with Crippen LogP contribution >= 0.6 is 0 Å². The lowest BCUT2D eigenvalue weighted by Gasteiger charge is -2.27. The van der Waals surface area contributed by atoms with Gasteiger partial charge in [-0.2, -0.15) is 0 Å². The second-order valence-electron chi connectivity index (χ2n) is 14.1. The zero-order valence-electron chi connectivity index (χ0n) is 28.2. The van der Waals surface area contributed by atoms with Crippen molar-refractivity contribution in [2.75, 3.05) is 4.90 Å². The van der Waals surface area contributed by atoms with Crippen LogP contribution in [0.4, 0.5) is 17.1 Å². The van der Waals surface area contributed by atoms with E-state index >= 15 is 0 Å². The van der Waals surface area contributed by atoms with Crippen molar-refractivity contribution in [1.29, 1.82) is 0 Å². The fourth-order valence-corrected chi connectivity index (χ4v) is 9.24. The third kappa shape index (κ3) is 3.46. The molecule has 5 heteroatoms. The third-order valence-electron chi connectivity index (χ3n) is 11.4. The van der Waals surface area contributed by atoms with Crippen molar-refractivity contribution < 1.29 is 8.83 Å². The Labute approximate surface area is 301 Å². The number of para-hydroxylation sites is 4. The van der Waals surface area contributed by atoms with Gasteiger partial charge in [-0.05, 0) is 72.8 Å². The number of aromatic nitrogens is 2. The van der Waals surface area contributed by atoms with Crippen molar-refractivity contribution in [2.24, 2.45) is 0 Å². The van der Waals surface area contributed by atoms with E-state index in [4.69, 9.17) is 8.83 Å². The SMILES string of the molecule is c1ccc2c(c1)oc1ccc(N(c3ccc4c(c3)n3c5ccccc5c5ccc6c7ccccc7n4c6c53)c3cccc4oc5ccccc5c34)cc12. The van der Waals surface area contributed by atoms with Crippen LogP contribution in [0.25, 0.3) is 98.5 Å². The smallest absolute Gasteiger partial charge is 0.137 e. The summed E-state index contributed by atoms with van der Waals surface area (Å²) in [6.45, 7) is 0. The number of fused-ring (bicyclic) bond motifs is 15. The number of hydrogen-bond acceptors (Lipinski definition) is 3. The van der Waals surface area contributed by atoms with Crippen LogP contribution in [0, 0.1) is 0 Å². The van der Waals surface area contributed by atoms with E-state index in [1.807, 2.05) is 24.3 Å². The van der Waals surface area contributed by atoms with Gasteiger partial charge in [-0.1, -0.05) is 91.0 Å². The summed E-state index contributed by atoms with van der Waals surface area (Å²) in [4.78, 5) is 2.39. The summed E-state index contributed by atoms with van der Waals surface area (Å²) in [6, 6.07) is 58.7. The van der Waals surface area contributed by atoms with Gasteiger partial charge >= 0.3 is 0 Å². The van der Waals surface area contributed by atoms with Crippen LogP contribution in [0.1, 0.15) is 0 Å². The summed E-state index contributed by atoms with van der Waals surface area (Å²) in [7, 11) is 0. The summed E-state index contributed by atoms with van der Waals surface area (Å²) >= 11 is 0. The molecule has 53 heavy (non-hydrogen) atoms. The molecule has 0 bridgehead atoms. The summed E-state index contributed by atoms with van der Waals surface area (Å²) in [6.07, 6.45) is 0. The predicted octanol–water partition coefficient (Wildman–Crippen LogP) is 13.5. The molecule has 0 saturated heterocycles. The quantitative estimate of drug-likeness (QED) is 0.175. The zero-order valence-corrected chi connectivity index (χ0v) is 28.2. The predicted molar refractivity (Wildman–Crippen MR) is 219 cm³/mol. The molecule has 0 radical (unpaired) electrons. The minimum atomic E-state index is 0.856. The summed E-state index contributed by atoms with van der Waals surface area (Å²) in [5.41, 5.74) is 13.8. The highest BCUT2D eigenvalue weighted by Gasteiger charge is 2.24. The van der Waals surface area contributed by atoms with Crippen molar-refractivity contribution in [2.45, 2.75) is 0 Å². The number of rotatable bonds is 3.